The third-order valence-electron chi connectivity index (χ3n) is 4.47. The Morgan fingerprint density at radius 2 is 1.74 bits per heavy atom. The van der Waals surface area contributed by atoms with Crippen molar-refractivity contribution in [1.82, 2.24) is 10.2 Å². The van der Waals surface area contributed by atoms with Crippen molar-refractivity contribution in [3.8, 4) is 0 Å². The van der Waals surface area contributed by atoms with E-state index < -0.39 is 6.04 Å². The van der Waals surface area contributed by atoms with Crippen molar-refractivity contribution < 1.29 is 9.59 Å². The van der Waals surface area contributed by atoms with Gasteiger partial charge < -0.3 is 10.2 Å². The summed E-state index contributed by atoms with van der Waals surface area (Å²) in [5, 5.41) is 3.45. The van der Waals surface area contributed by atoms with Gasteiger partial charge in [-0.3, -0.25) is 9.59 Å². The minimum absolute atomic E-state index is 0.0636. The van der Waals surface area contributed by atoms with Gasteiger partial charge in [0, 0.05) is 18.1 Å². The monoisotopic (exact) mass is 386 g/mol. The van der Waals surface area contributed by atoms with Crippen LogP contribution >= 0.6 is 11.6 Å². The van der Waals surface area contributed by atoms with Crippen molar-refractivity contribution in [3.05, 3.63) is 70.7 Å². The molecule has 2 aromatic carbocycles. The summed E-state index contributed by atoms with van der Waals surface area (Å²) in [7, 11) is 0. The van der Waals surface area contributed by atoms with Crippen LogP contribution in [0.4, 0.5) is 0 Å². The number of amides is 2. The number of nitrogens with zero attached hydrogens (tertiary/aromatic N) is 1. The molecule has 0 radical (unpaired) electrons. The second-order valence-electron chi connectivity index (χ2n) is 6.45. The van der Waals surface area contributed by atoms with Crippen LogP contribution in [0.1, 0.15) is 31.4 Å². The number of carbonyl (C=O) groups excluding carboxylic acids is 2. The fourth-order valence-corrected chi connectivity index (χ4v) is 3.32. The number of rotatable bonds is 9. The summed E-state index contributed by atoms with van der Waals surface area (Å²) in [5.74, 6) is -0.168. The number of nitrogens with one attached hydrogen (secondary N) is 1. The number of benzene rings is 2. The van der Waals surface area contributed by atoms with Gasteiger partial charge in [-0.2, -0.15) is 0 Å². The van der Waals surface area contributed by atoms with Crippen LogP contribution in [0, 0.1) is 0 Å². The number of likely N-dealkylation sites (N-methyl/N-ethyl adjacent to an activating group) is 1. The molecule has 4 nitrogen and oxygen atoms in total. The van der Waals surface area contributed by atoms with E-state index in [0.717, 1.165) is 11.1 Å². The number of hydrogen-bond acceptors (Lipinski definition) is 2. The minimum atomic E-state index is -0.472. The predicted molar refractivity (Wildman–Crippen MR) is 110 cm³/mol. The first-order chi connectivity index (χ1) is 13.0. The van der Waals surface area contributed by atoms with Crippen LogP contribution in [0.5, 0.6) is 0 Å². The summed E-state index contributed by atoms with van der Waals surface area (Å²) >= 11 is 6.04. The summed E-state index contributed by atoms with van der Waals surface area (Å²) < 4.78 is 0. The lowest BCUT2D eigenvalue weighted by Crippen LogP contribution is -2.50. The van der Waals surface area contributed by atoms with Crippen LogP contribution in [0.15, 0.2) is 54.6 Å². The van der Waals surface area contributed by atoms with Gasteiger partial charge in [0.2, 0.25) is 11.8 Å². The molecule has 27 heavy (non-hydrogen) atoms. The average Bonchev–Trinajstić information content (AvgIpc) is 2.66. The third kappa shape index (κ3) is 6.40. The van der Waals surface area contributed by atoms with E-state index in [1.165, 1.54) is 0 Å². The van der Waals surface area contributed by atoms with Crippen molar-refractivity contribution >= 4 is 23.4 Å². The van der Waals surface area contributed by atoms with E-state index in [4.69, 9.17) is 11.6 Å². The Morgan fingerprint density at radius 3 is 2.37 bits per heavy atom. The lowest BCUT2D eigenvalue weighted by atomic mass is 10.1. The normalized spacial score (nSPS) is 11.7. The van der Waals surface area contributed by atoms with E-state index in [1.807, 2.05) is 56.3 Å². The van der Waals surface area contributed by atoms with Gasteiger partial charge >= 0.3 is 0 Å². The minimum Gasteiger partial charge on any atom is -0.355 e. The summed E-state index contributed by atoms with van der Waals surface area (Å²) in [5.41, 5.74) is 1.99. The molecule has 0 fully saturated rings. The highest BCUT2D eigenvalue weighted by Gasteiger charge is 2.27. The highest BCUT2D eigenvalue weighted by Crippen LogP contribution is 2.15. The van der Waals surface area contributed by atoms with Gasteiger partial charge in [-0.25, -0.2) is 0 Å². The summed E-state index contributed by atoms with van der Waals surface area (Å²) in [4.78, 5) is 27.3. The lowest BCUT2D eigenvalue weighted by molar-refractivity contribution is -0.140. The molecule has 0 aliphatic rings. The summed E-state index contributed by atoms with van der Waals surface area (Å²) in [6.45, 7) is 4.86. The largest absolute Gasteiger partial charge is 0.355 e. The first kappa shape index (κ1) is 21.0. The molecule has 2 aromatic rings. The average molecular weight is 387 g/mol. The van der Waals surface area contributed by atoms with Crippen LogP contribution in [-0.4, -0.2) is 35.8 Å². The van der Waals surface area contributed by atoms with Gasteiger partial charge in [-0.1, -0.05) is 61.0 Å². The first-order valence-electron chi connectivity index (χ1n) is 9.40. The molecule has 5 heteroatoms. The maximum atomic E-state index is 13.1. The molecule has 1 atom stereocenters. The SMILES string of the molecule is CCNC(=O)[C@H](CC)N(CCc1ccccc1)C(=O)Cc1cccc(Cl)c1. The van der Waals surface area contributed by atoms with Gasteiger partial charge in [-0.15, -0.1) is 0 Å². The maximum absolute atomic E-state index is 13.1. The standard InChI is InChI=1S/C22H27ClN2O2/c1-3-20(22(27)24-4-2)25(14-13-17-9-6-5-7-10-17)21(26)16-18-11-8-12-19(23)15-18/h5-12,15,20H,3-4,13-14,16H2,1-2H3,(H,24,27)/t20-/m0/s1. The molecule has 0 unspecified atom stereocenters. The van der Waals surface area contributed by atoms with E-state index in [9.17, 15) is 9.59 Å². The fraction of sp³-hybridized carbons (Fsp3) is 0.364. The zero-order valence-corrected chi connectivity index (χ0v) is 16.7. The maximum Gasteiger partial charge on any atom is 0.242 e. The molecule has 0 spiro atoms. The predicted octanol–water partition coefficient (Wildman–Crippen LogP) is 3.87. The molecular formula is C22H27ClN2O2. The Hall–Kier alpha value is -2.33. The summed E-state index contributed by atoms with van der Waals surface area (Å²) in [6, 6.07) is 16.8. The van der Waals surface area contributed by atoms with E-state index in [-0.39, 0.29) is 18.2 Å². The van der Waals surface area contributed by atoms with Crippen molar-refractivity contribution in [2.75, 3.05) is 13.1 Å². The third-order valence-corrected chi connectivity index (χ3v) is 4.70. The Bertz CT molecular complexity index is 749. The molecule has 0 bridgehead atoms. The van der Waals surface area contributed by atoms with Crippen LogP contribution in [-0.2, 0) is 22.4 Å². The van der Waals surface area contributed by atoms with Gasteiger partial charge in [-0.05, 0) is 43.0 Å². The van der Waals surface area contributed by atoms with Crippen molar-refractivity contribution in [2.45, 2.75) is 39.2 Å². The number of carbonyl (C=O) groups is 2. The molecule has 0 heterocycles. The van der Waals surface area contributed by atoms with Crippen LogP contribution in [0.25, 0.3) is 0 Å². The van der Waals surface area contributed by atoms with Gasteiger partial charge in [0.25, 0.3) is 0 Å². The summed E-state index contributed by atoms with van der Waals surface area (Å²) in [6.07, 6.45) is 1.51. The molecule has 144 valence electrons. The Balaban J connectivity index is 2.18. The molecule has 0 aliphatic heterocycles. The molecule has 2 rings (SSSR count). The molecule has 1 N–H and O–H groups in total. The highest BCUT2D eigenvalue weighted by atomic mass is 35.5. The molecule has 0 saturated carbocycles. The Kier molecular flexibility index (Phi) is 8.34. The quantitative estimate of drug-likeness (QED) is 0.711. The van der Waals surface area contributed by atoms with Crippen molar-refractivity contribution in [2.24, 2.45) is 0 Å². The molecule has 0 aliphatic carbocycles. The van der Waals surface area contributed by atoms with Crippen molar-refractivity contribution in [3.63, 3.8) is 0 Å². The van der Waals surface area contributed by atoms with E-state index >= 15 is 0 Å². The molecular weight excluding hydrogens is 360 g/mol. The van der Waals surface area contributed by atoms with Crippen LogP contribution < -0.4 is 5.32 Å². The molecule has 2 amide bonds. The second-order valence-corrected chi connectivity index (χ2v) is 6.88. The number of halogens is 1. The lowest BCUT2D eigenvalue weighted by Gasteiger charge is -2.30. The zero-order chi connectivity index (χ0) is 19.6. The van der Waals surface area contributed by atoms with E-state index in [1.54, 1.807) is 17.0 Å². The van der Waals surface area contributed by atoms with Crippen molar-refractivity contribution in [1.29, 1.82) is 0 Å². The first-order valence-corrected chi connectivity index (χ1v) is 9.78. The van der Waals surface area contributed by atoms with Gasteiger partial charge in [0.05, 0.1) is 6.42 Å². The Morgan fingerprint density at radius 1 is 1.04 bits per heavy atom. The number of hydrogen-bond donors (Lipinski definition) is 1. The smallest absolute Gasteiger partial charge is 0.242 e. The van der Waals surface area contributed by atoms with Gasteiger partial charge in [0.15, 0.2) is 0 Å². The Labute approximate surface area is 166 Å². The van der Waals surface area contributed by atoms with Crippen LogP contribution in [0.2, 0.25) is 5.02 Å². The zero-order valence-electron chi connectivity index (χ0n) is 16.0. The van der Waals surface area contributed by atoms with E-state index in [2.05, 4.69) is 5.32 Å². The molecule has 0 aromatic heterocycles. The van der Waals surface area contributed by atoms with E-state index in [0.29, 0.717) is 31.0 Å². The van der Waals surface area contributed by atoms with Crippen LogP contribution in [0.3, 0.4) is 0 Å². The fourth-order valence-electron chi connectivity index (χ4n) is 3.11. The second kappa shape index (κ2) is 10.7. The topological polar surface area (TPSA) is 49.4 Å². The molecule has 0 saturated heterocycles. The highest BCUT2D eigenvalue weighted by molar-refractivity contribution is 6.30. The van der Waals surface area contributed by atoms with Gasteiger partial charge in [0.1, 0.15) is 6.04 Å².